The molecule has 1 saturated carbocycles. The fraction of sp³-hybridized carbons (Fsp3) is 0.533. The summed E-state index contributed by atoms with van der Waals surface area (Å²) in [6.45, 7) is 1.77. The summed E-state index contributed by atoms with van der Waals surface area (Å²) in [7, 11) is 0. The first kappa shape index (κ1) is 14.4. The van der Waals surface area contributed by atoms with Gasteiger partial charge in [-0.2, -0.15) is 0 Å². The molecule has 1 unspecified atom stereocenters. The number of benzene rings is 1. The maximum atomic E-state index is 11.7. The lowest BCUT2D eigenvalue weighted by Gasteiger charge is -2.30. The molecule has 0 saturated heterocycles. The molecule has 104 valence electrons. The molecule has 0 spiro atoms. The van der Waals surface area contributed by atoms with Crippen LogP contribution in [-0.2, 0) is 10.3 Å². The van der Waals surface area contributed by atoms with Crippen molar-refractivity contribution in [1.82, 2.24) is 5.32 Å². The predicted molar refractivity (Wildman–Crippen MR) is 78.6 cm³/mol. The second-order valence-corrected chi connectivity index (χ2v) is 6.16. The van der Waals surface area contributed by atoms with Crippen molar-refractivity contribution in [2.24, 2.45) is 0 Å². The lowest BCUT2D eigenvalue weighted by Crippen LogP contribution is -2.50. The van der Waals surface area contributed by atoms with E-state index in [2.05, 4.69) is 5.32 Å². The minimum absolute atomic E-state index is 0.321. The number of rotatable bonds is 5. The van der Waals surface area contributed by atoms with Gasteiger partial charge in [0.15, 0.2) is 0 Å². The summed E-state index contributed by atoms with van der Waals surface area (Å²) < 4.78 is 0. The number of hydrogen-bond acceptors (Lipinski definition) is 3. The molecule has 0 aromatic heterocycles. The maximum absolute atomic E-state index is 11.7. The van der Waals surface area contributed by atoms with E-state index in [0.29, 0.717) is 6.04 Å². The number of thioether (sulfide) groups is 1. The number of carboxylic acids is 1. The van der Waals surface area contributed by atoms with E-state index in [1.807, 2.05) is 30.5 Å². The normalized spacial score (nSPS) is 19.3. The lowest BCUT2D eigenvalue weighted by atomic mass is 9.91. The Hall–Kier alpha value is -1.00. The number of carboxylic acid groups (broad SMARTS) is 1. The second-order valence-electron chi connectivity index (χ2n) is 5.28. The number of hydrogen-bond donors (Lipinski definition) is 2. The molecule has 0 aliphatic heterocycles. The molecular weight excluding hydrogens is 258 g/mol. The van der Waals surface area contributed by atoms with E-state index in [4.69, 9.17) is 0 Å². The van der Waals surface area contributed by atoms with Gasteiger partial charge in [0, 0.05) is 10.9 Å². The summed E-state index contributed by atoms with van der Waals surface area (Å²) in [4.78, 5) is 12.8. The Kier molecular flexibility index (Phi) is 4.53. The summed E-state index contributed by atoms with van der Waals surface area (Å²) in [5.74, 6) is -0.809. The van der Waals surface area contributed by atoms with Crippen LogP contribution in [0.25, 0.3) is 0 Å². The Morgan fingerprint density at radius 1 is 1.32 bits per heavy atom. The SMILES string of the molecule is CSc1ccc(C(C)(NC2CCCC2)C(=O)O)cc1. The Balaban J connectivity index is 2.23. The van der Waals surface area contributed by atoms with Gasteiger partial charge in [-0.05, 0) is 43.7 Å². The van der Waals surface area contributed by atoms with E-state index in [-0.39, 0.29) is 0 Å². The van der Waals surface area contributed by atoms with Crippen molar-refractivity contribution >= 4 is 17.7 Å². The molecular formula is C15H21NO2S. The third kappa shape index (κ3) is 3.12. The van der Waals surface area contributed by atoms with Crippen LogP contribution in [0, 0.1) is 0 Å². The summed E-state index contributed by atoms with van der Waals surface area (Å²) in [6, 6.07) is 8.13. The molecule has 1 aliphatic rings. The molecule has 0 amide bonds. The van der Waals surface area contributed by atoms with Gasteiger partial charge in [0.1, 0.15) is 5.54 Å². The average Bonchev–Trinajstić information content (AvgIpc) is 2.91. The molecule has 2 N–H and O–H groups in total. The van der Waals surface area contributed by atoms with Crippen LogP contribution in [0.1, 0.15) is 38.2 Å². The zero-order valence-corrected chi connectivity index (χ0v) is 12.3. The van der Waals surface area contributed by atoms with Crippen LogP contribution in [0.2, 0.25) is 0 Å². The molecule has 0 bridgehead atoms. The van der Waals surface area contributed by atoms with Gasteiger partial charge >= 0.3 is 5.97 Å². The highest BCUT2D eigenvalue weighted by atomic mass is 32.2. The van der Waals surface area contributed by atoms with Crippen molar-refractivity contribution < 1.29 is 9.90 Å². The fourth-order valence-corrected chi connectivity index (χ4v) is 3.08. The van der Waals surface area contributed by atoms with Crippen molar-refractivity contribution in [2.75, 3.05) is 6.26 Å². The van der Waals surface area contributed by atoms with E-state index in [1.54, 1.807) is 18.7 Å². The molecule has 0 radical (unpaired) electrons. The molecule has 0 heterocycles. The molecule has 2 rings (SSSR count). The highest BCUT2D eigenvalue weighted by molar-refractivity contribution is 7.98. The Labute approximate surface area is 118 Å². The quantitative estimate of drug-likeness (QED) is 0.812. The van der Waals surface area contributed by atoms with Crippen molar-refractivity contribution in [3.05, 3.63) is 29.8 Å². The Bertz CT molecular complexity index is 440. The first-order valence-corrected chi connectivity index (χ1v) is 7.94. The molecule has 1 aliphatic carbocycles. The minimum atomic E-state index is -0.994. The van der Waals surface area contributed by atoms with Crippen molar-refractivity contribution in [3.63, 3.8) is 0 Å². The highest BCUT2D eigenvalue weighted by Crippen LogP contribution is 2.28. The van der Waals surface area contributed by atoms with Crippen LogP contribution < -0.4 is 5.32 Å². The molecule has 1 aromatic carbocycles. The van der Waals surface area contributed by atoms with Gasteiger partial charge in [0.25, 0.3) is 0 Å². The topological polar surface area (TPSA) is 49.3 Å². The standard InChI is InChI=1S/C15H21NO2S/c1-15(14(17)18,16-12-5-3-4-6-12)11-7-9-13(19-2)10-8-11/h7-10,12,16H,3-6H2,1-2H3,(H,17,18). The molecule has 1 aromatic rings. The molecule has 4 heteroatoms. The Morgan fingerprint density at radius 3 is 2.37 bits per heavy atom. The van der Waals surface area contributed by atoms with Crippen LogP contribution in [-0.4, -0.2) is 23.4 Å². The third-order valence-corrected chi connectivity index (χ3v) is 4.69. The largest absolute Gasteiger partial charge is 0.480 e. The van der Waals surface area contributed by atoms with Gasteiger partial charge in [-0.15, -0.1) is 11.8 Å². The summed E-state index contributed by atoms with van der Waals surface area (Å²) in [6.07, 6.45) is 6.55. The van der Waals surface area contributed by atoms with Gasteiger partial charge < -0.3 is 5.11 Å². The second kappa shape index (κ2) is 5.97. The van der Waals surface area contributed by atoms with E-state index in [9.17, 15) is 9.90 Å². The smallest absolute Gasteiger partial charge is 0.328 e. The van der Waals surface area contributed by atoms with Crippen LogP contribution in [0.4, 0.5) is 0 Å². The van der Waals surface area contributed by atoms with Crippen molar-refractivity contribution in [2.45, 2.75) is 49.1 Å². The summed E-state index contributed by atoms with van der Waals surface area (Å²) in [5.41, 5.74) is -0.170. The first-order chi connectivity index (χ1) is 9.06. The van der Waals surface area contributed by atoms with Crippen LogP contribution in [0.5, 0.6) is 0 Å². The lowest BCUT2D eigenvalue weighted by molar-refractivity contribution is -0.145. The van der Waals surface area contributed by atoms with Crippen LogP contribution in [0.15, 0.2) is 29.2 Å². The van der Waals surface area contributed by atoms with Crippen LogP contribution >= 0.6 is 11.8 Å². The highest BCUT2D eigenvalue weighted by Gasteiger charge is 2.37. The summed E-state index contributed by atoms with van der Waals surface area (Å²) in [5, 5.41) is 12.9. The van der Waals surface area contributed by atoms with E-state index >= 15 is 0 Å². The summed E-state index contributed by atoms with van der Waals surface area (Å²) >= 11 is 1.66. The molecule has 19 heavy (non-hydrogen) atoms. The first-order valence-electron chi connectivity index (χ1n) is 6.72. The zero-order chi connectivity index (χ0) is 13.9. The van der Waals surface area contributed by atoms with E-state index in [0.717, 1.165) is 23.3 Å². The minimum Gasteiger partial charge on any atom is -0.480 e. The average molecular weight is 279 g/mol. The predicted octanol–water partition coefficient (Wildman–Crippen LogP) is 3.24. The monoisotopic (exact) mass is 279 g/mol. The molecule has 1 atom stereocenters. The fourth-order valence-electron chi connectivity index (χ4n) is 2.67. The number of aliphatic carboxylic acids is 1. The van der Waals surface area contributed by atoms with Crippen LogP contribution in [0.3, 0.4) is 0 Å². The van der Waals surface area contributed by atoms with Crippen molar-refractivity contribution in [3.8, 4) is 0 Å². The van der Waals surface area contributed by atoms with Gasteiger partial charge in [-0.25, -0.2) is 4.79 Å². The Morgan fingerprint density at radius 2 is 1.89 bits per heavy atom. The van der Waals surface area contributed by atoms with Gasteiger partial charge in [0.2, 0.25) is 0 Å². The molecule has 1 fully saturated rings. The zero-order valence-electron chi connectivity index (χ0n) is 11.5. The van der Waals surface area contributed by atoms with Crippen molar-refractivity contribution in [1.29, 1.82) is 0 Å². The van der Waals surface area contributed by atoms with Gasteiger partial charge in [0.05, 0.1) is 0 Å². The van der Waals surface area contributed by atoms with E-state index < -0.39 is 11.5 Å². The third-order valence-electron chi connectivity index (χ3n) is 3.94. The molecule has 3 nitrogen and oxygen atoms in total. The number of carbonyl (C=O) groups is 1. The van der Waals surface area contributed by atoms with Gasteiger partial charge in [-0.3, -0.25) is 5.32 Å². The maximum Gasteiger partial charge on any atom is 0.328 e. The van der Waals surface area contributed by atoms with E-state index in [1.165, 1.54) is 12.8 Å². The van der Waals surface area contributed by atoms with Gasteiger partial charge in [-0.1, -0.05) is 25.0 Å². The number of nitrogens with one attached hydrogen (secondary N) is 1.